The van der Waals surface area contributed by atoms with Crippen molar-refractivity contribution in [2.75, 3.05) is 33.4 Å². The van der Waals surface area contributed by atoms with Crippen molar-refractivity contribution in [1.82, 2.24) is 4.90 Å². The van der Waals surface area contributed by atoms with Gasteiger partial charge in [0.25, 0.3) is 0 Å². The van der Waals surface area contributed by atoms with E-state index in [1.165, 1.54) is 0 Å². The molecular formula is C20H25NO3. The molecule has 1 heterocycles. The van der Waals surface area contributed by atoms with Crippen LogP contribution in [0.2, 0.25) is 0 Å². The Kier molecular flexibility index (Phi) is 5.07. The first kappa shape index (κ1) is 16.8. The monoisotopic (exact) mass is 327 g/mol. The maximum atomic E-state index is 11.0. The Balaban J connectivity index is 1.56. The van der Waals surface area contributed by atoms with Crippen molar-refractivity contribution < 1.29 is 14.6 Å². The van der Waals surface area contributed by atoms with E-state index in [0.29, 0.717) is 13.2 Å². The Labute approximate surface area is 143 Å². The van der Waals surface area contributed by atoms with Gasteiger partial charge < -0.3 is 14.6 Å². The molecule has 0 radical (unpaired) electrons. The second kappa shape index (κ2) is 7.24. The summed E-state index contributed by atoms with van der Waals surface area (Å²) in [5.74, 6) is 1.50. The number of likely N-dealkylation sites (tertiary alicyclic amines) is 1. The van der Waals surface area contributed by atoms with Crippen molar-refractivity contribution in [1.29, 1.82) is 0 Å². The number of aryl methyl sites for hydroxylation is 1. The topological polar surface area (TPSA) is 41.9 Å². The molecule has 2 aromatic rings. The highest BCUT2D eigenvalue weighted by atomic mass is 16.5. The summed E-state index contributed by atoms with van der Waals surface area (Å²) in [6.45, 7) is 4.93. The number of benzene rings is 2. The Hall–Kier alpha value is -2.04. The highest BCUT2D eigenvalue weighted by molar-refractivity contribution is 5.39. The number of para-hydroxylation sites is 2. The van der Waals surface area contributed by atoms with Gasteiger partial charge in [0.05, 0.1) is 7.11 Å². The number of nitrogens with zero attached hydrogens (tertiary/aromatic N) is 1. The van der Waals surface area contributed by atoms with Gasteiger partial charge in [0, 0.05) is 19.6 Å². The Morgan fingerprint density at radius 1 is 1.08 bits per heavy atom. The van der Waals surface area contributed by atoms with Gasteiger partial charge in [-0.1, -0.05) is 36.4 Å². The maximum Gasteiger partial charge on any atom is 0.161 e. The van der Waals surface area contributed by atoms with Crippen LogP contribution in [0.15, 0.2) is 48.5 Å². The summed E-state index contributed by atoms with van der Waals surface area (Å²) in [5, 5.41) is 11.0. The molecule has 128 valence electrons. The third-order valence-electron chi connectivity index (χ3n) is 4.71. The molecule has 1 saturated heterocycles. The minimum Gasteiger partial charge on any atom is -0.493 e. The van der Waals surface area contributed by atoms with Crippen LogP contribution in [0.1, 0.15) is 17.5 Å². The second-order valence-electron chi connectivity index (χ2n) is 6.37. The minimum absolute atomic E-state index is 0.574. The number of methoxy groups -OCH3 is 1. The molecule has 1 N–H and O–H groups in total. The highest BCUT2D eigenvalue weighted by Gasteiger charge is 2.38. The van der Waals surface area contributed by atoms with Crippen molar-refractivity contribution in [2.24, 2.45) is 0 Å². The van der Waals surface area contributed by atoms with Crippen molar-refractivity contribution in [2.45, 2.75) is 18.9 Å². The summed E-state index contributed by atoms with van der Waals surface area (Å²) in [4.78, 5) is 2.25. The van der Waals surface area contributed by atoms with Crippen LogP contribution in [0, 0.1) is 6.92 Å². The number of ether oxygens (including phenoxy) is 2. The van der Waals surface area contributed by atoms with Gasteiger partial charge >= 0.3 is 0 Å². The second-order valence-corrected chi connectivity index (χ2v) is 6.37. The number of hydrogen-bond donors (Lipinski definition) is 1. The van der Waals surface area contributed by atoms with E-state index in [9.17, 15) is 5.11 Å². The standard InChI is InChI=1S/C20H25NO3/c1-16-7-3-4-8-17(16)20(22)11-12-21(15-20)13-14-24-19-10-6-5-9-18(19)23-2/h3-10,22H,11-15H2,1-2H3/t20-/m1/s1. The van der Waals surface area contributed by atoms with Gasteiger partial charge in [0.15, 0.2) is 11.5 Å². The van der Waals surface area contributed by atoms with Crippen LogP contribution in [-0.4, -0.2) is 43.4 Å². The fourth-order valence-corrected chi connectivity index (χ4v) is 3.40. The SMILES string of the molecule is COc1ccccc1OCCN1CC[C@](O)(c2ccccc2C)C1. The lowest BCUT2D eigenvalue weighted by molar-refractivity contribution is 0.0441. The van der Waals surface area contributed by atoms with E-state index in [1.54, 1.807) is 7.11 Å². The van der Waals surface area contributed by atoms with Crippen LogP contribution in [0.3, 0.4) is 0 Å². The molecule has 1 atom stereocenters. The molecule has 24 heavy (non-hydrogen) atoms. The van der Waals surface area contributed by atoms with Crippen LogP contribution in [0.25, 0.3) is 0 Å². The molecule has 0 saturated carbocycles. The predicted octanol–water partition coefficient (Wildman–Crippen LogP) is 2.98. The smallest absolute Gasteiger partial charge is 0.161 e. The largest absolute Gasteiger partial charge is 0.493 e. The van der Waals surface area contributed by atoms with Gasteiger partial charge in [-0.15, -0.1) is 0 Å². The van der Waals surface area contributed by atoms with E-state index in [4.69, 9.17) is 9.47 Å². The lowest BCUT2D eigenvalue weighted by Crippen LogP contribution is -2.33. The molecule has 1 fully saturated rings. The van der Waals surface area contributed by atoms with Crippen LogP contribution < -0.4 is 9.47 Å². The lowest BCUT2D eigenvalue weighted by Gasteiger charge is -2.25. The summed E-state index contributed by atoms with van der Waals surface area (Å²) in [6, 6.07) is 15.8. The number of aliphatic hydroxyl groups is 1. The first-order valence-corrected chi connectivity index (χ1v) is 8.39. The molecule has 0 aromatic heterocycles. The first-order valence-electron chi connectivity index (χ1n) is 8.39. The van der Waals surface area contributed by atoms with Gasteiger partial charge in [0.2, 0.25) is 0 Å². The minimum atomic E-state index is -0.754. The number of rotatable bonds is 6. The van der Waals surface area contributed by atoms with Crippen LogP contribution in [0.5, 0.6) is 11.5 Å². The molecule has 0 bridgehead atoms. The highest BCUT2D eigenvalue weighted by Crippen LogP contribution is 2.33. The molecule has 0 spiro atoms. The molecule has 0 unspecified atom stereocenters. The van der Waals surface area contributed by atoms with E-state index in [-0.39, 0.29) is 0 Å². The Morgan fingerprint density at radius 3 is 2.54 bits per heavy atom. The molecule has 1 aliphatic heterocycles. The van der Waals surface area contributed by atoms with Crippen molar-refractivity contribution in [3.05, 3.63) is 59.7 Å². The van der Waals surface area contributed by atoms with E-state index in [0.717, 1.165) is 42.1 Å². The van der Waals surface area contributed by atoms with Crippen molar-refractivity contribution in [3.63, 3.8) is 0 Å². The zero-order valence-corrected chi connectivity index (χ0v) is 14.4. The fraction of sp³-hybridized carbons (Fsp3) is 0.400. The first-order chi connectivity index (χ1) is 11.6. The fourth-order valence-electron chi connectivity index (χ4n) is 3.40. The van der Waals surface area contributed by atoms with E-state index in [2.05, 4.69) is 17.9 Å². The van der Waals surface area contributed by atoms with Gasteiger partial charge in [-0.3, -0.25) is 4.90 Å². The normalized spacial score (nSPS) is 21.0. The van der Waals surface area contributed by atoms with E-state index >= 15 is 0 Å². The molecule has 4 heteroatoms. The van der Waals surface area contributed by atoms with Gasteiger partial charge in [-0.25, -0.2) is 0 Å². The zero-order valence-electron chi connectivity index (χ0n) is 14.4. The molecule has 1 aliphatic rings. The average Bonchev–Trinajstić information content (AvgIpc) is 2.98. The van der Waals surface area contributed by atoms with E-state index < -0.39 is 5.60 Å². The average molecular weight is 327 g/mol. The summed E-state index contributed by atoms with van der Waals surface area (Å²) < 4.78 is 11.1. The molecule has 0 amide bonds. The lowest BCUT2D eigenvalue weighted by atomic mass is 9.89. The van der Waals surface area contributed by atoms with Crippen molar-refractivity contribution in [3.8, 4) is 11.5 Å². The summed E-state index contributed by atoms with van der Waals surface area (Å²) in [7, 11) is 1.64. The van der Waals surface area contributed by atoms with Crippen LogP contribution in [0.4, 0.5) is 0 Å². The predicted molar refractivity (Wildman–Crippen MR) is 94.6 cm³/mol. The molecule has 4 nitrogen and oxygen atoms in total. The number of hydrogen-bond acceptors (Lipinski definition) is 4. The molecule has 2 aromatic carbocycles. The third-order valence-corrected chi connectivity index (χ3v) is 4.71. The zero-order chi connectivity index (χ0) is 17.0. The Bertz CT molecular complexity index is 688. The molecule has 3 rings (SSSR count). The van der Waals surface area contributed by atoms with Gasteiger partial charge in [0.1, 0.15) is 12.2 Å². The quantitative estimate of drug-likeness (QED) is 0.886. The summed E-state index contributed by atoms with van der Waals surface area (Å²) in [6.07, 6.45) is 0.756. The van der Waals surface area contributed by atoms with Crippen LogP contribution >= 0.6 is 0 Å². The Morgan fingerprint density at radius 2 is 1.79 bits per heavy atom. The molecule has 0 aliphatic carbocycles. The maximum absolute atomic E-state index is 11.0. The van der Waals surface area contributed by atoms with Gasteiger partial charge in [-0.2, -0.15) is 0 Å². The summed E-state index contributed by atoms with van der Waals surface area (Å²) >= 11 is 0. The summed E-state index contributed by atoms with van der Waals surface area (Å²) in [5.41, 5.74) is 1.43. The number of β-amino-alcohol motifs (C(OH)–C–C–N with tert-alkyl or cyclic N) is 1. The third kappa shape index (κ3) is 3.55. The van der Waals surface area contributed by atoms with Crippen LogP contribution in [-0.2, 0) is 5.60 Å². The van der Waals surface area contributed by atoms with Crippen molar-refractivity contribution >= 4 is 0 Å². The van der Waals surface area contributed by atoms with E-state index in [1.807, 2.05) is 42.5 Å². The van der Waals surface area contributed by atoms with Gasteiger partial charge in [-0.05, 0) is 36.6 Å². The molecular weight excluding hydrogens is 302 g/mol.